The van der Waals surface area contributed by atoms with Crippen molar-refractivity contribution in [1.82, 2.24) is 0 Å². The van der Waals surface area contributed by atoms with Crippen LogP contribution in [0.25, 0.3) is 21.5 Å². The summed E-state index contributed by atoms with van der Waals surface area (Å²) in [4.78, 5) is 4.62. The fourth-order valence-corrected chi connectivity index (χ4v) is 7.44. The fraction of sp³-hybridized carbons (Fsp3) is 0.0408. The highest BCUT2D eigenvalue weighted by Crippen LogP contribution is 2.41. The van der Waals surface area contributed by atoms with E-state index in [1.807, 2.05) is 0 Å². The van der Waals surface area contributed by atoms with Crippen LogP contribution in [0.15, 0.2) is 218 Å². The van der Waals surface area contributed by atoms with Gasteiger partial charge in [0, 0.05) is 40.5 Å². The standard InChI is InChI=1S/C49H38N4/c1-4-20-41(21-5-1)51(47-28-14-18-37-16-10-12-26-45(37)47)35-34-40-36-49(53(50-40)44-24-8-3-9-25-44)39-30-32-43(33-31-39)52(42-22-6-2-7-23-42)48-29-15-19-38-17-11-13-27-46(38)48/h1-35,49H,36H2. The van der Waals surface area contributed by atoms with Crippen LogP contribution in [0.5, 0.6) is 0 Å². The highest BCUT2D eigenvalue weighted by molar-refractivity contribution is 6.01. The molecule has 0 fully saturated rings. The van der Waals surface area contributed by atoms with Crippen LogP contribution in [0.2, 0.25) is 0 Å². The number of anilines is 6. The first-order valence-electron chi connectivity index (χ1n) is 18.2. The molecule has 254 valence electrons. The minimum absolute atomic E-state index is 0.0385. The van der Waals surface area contributed by atoms with E-state index in [9.17, 15) is 0 Å². The first-order valence-corrected chi connectivity index (χ1v) is 18.2. The number of nitrogens with zero attached hydrogens (tertiary/aromatic N) is 4. The fourth-order valence-electron chi connectivity index (χ4n) is 7.44. The monoisotopic (exact) mass is 682 g/mol. The third kappa shape index (κ3) is 6.43. The van der Waals surface area contributed by atoms with Crippen LogP contribution in [-0.2, 0) is 0 Å². The van der Waals surface area contributed by atoms with Gasteiger partial charge in [0.05, 0.1) is 28.8 Å². The summed E-state index contributed by atoms with van der Waals surface area (Å²) in [5, 5.41) is 12.3. The van der Waals surface area contributed by atoms with Crippen molar-refractivity contribution in [1.29, 1.82) is 0 Å². The molecule has 1 heterocycles. The highest BCUT2D eigenvalue weighted by Gasteiger charge is 2.29. The summed E-state index contributed by atoms with van der Waals surface area (Å²) >= 11 is 0. The zero-order valence-electron chi connectivity index (χ0n) is 29.3. The van der Waals surface area contributed by atoms with E-state index in [4.69, 9.17) is 5.10 Å². The third-order valence-electron chi connectivity index (χ3n) is 9.99. The van der Waals surface area contributed by atoms with E-state index < -0.39 is 0 Å². The summed E-state index contributed by atoms with van der Waals surface area (Å²) in [7, 11) is 0. The summed E-state index contributed by atoms with van der Waals surface area (Å²) in [5.41, 5.74) is 8.91. The van der Waals surface area contributed by atoms with Crippen LogP contribution in [0.4, 0.5) is 34.1 Å². The normalized spacial score (nSPS) is 14.2. The molecule has 4 heteroatoms. The molecular weight excluding hydrogens is 645 g/mol. The molecule has 4 nitrogen and oxygen atoms in total. The van der Waals surface area contributed by atoms with E-state index in [0.29, 0.717) is 0 Å². The van der Waals surface area contributed by atoms with Crippen molar-refractivity contribution in [2.75, 3.05) is 14.8 Å². The first-order chi connectivity index (χ1) is 26.3. The predicted octanol–water partition coefficient (Wildman–Crippen LogP) is 13.1. The molecule has 8 aromatic rings. The Hall–Kier alpha value is -6.91. The molecule has 1 aliphatic rings. The lowest BCUT2D eigenvalue weighted by molar-refractivity contribution is 0.709. The number of para-hydroxylation sites is 3. The molecule has 8 aromatic carbocycles. The van der Waals surface area contributed by atoms with Gasteiger partial charge in [0.1, 0.15) is 0 Å². The average Bonchev–Trinajstić information content (AvgIpc) is 3.67. The van der Waals surface area contributed by atoms with Gasteiger partial charge >= 0.3 is 0 Å². The van der Waals surface area contributed by atoms with Crippen LogP contribution in [0.1, 0.15) is 18.0 Å². The lowest BCUT2D eigenvalue weighted by atomic mass is 10.00. The minimum atomic E-state index is 0.0385. The molecule has 0 amide bonds. The topological polar surface area (TPSA) is 22.1 Å². The number of allylic oxidation sites excluding steroid dienone is 1. The Labute approximate surface area is 310 Å². The number of hydrogen-bond donors (Lipinski definition) is 0. The van der Waals surface area contributed by atoms with Crippen LogP contribution in [0.3, 0.4) is 0 Å². The van der Waals surface area contributed by atoms with Crippen LogP contribution in [-0.4, -0.2) is 5.71 Å². The van der Waals surface area contributed by atoms with E-state index >= 15 is 0 Å². The van der Waals surface area contributed by atoms with Gasteiger partial charge in [-0.05, 0) is 83.1 Å². The Kier molecular flexibility index (Phi) is 8.69. The van der Waals surface area contributed by atoms with Crippen molar-refractivity contribution in [2.24, 2.45) is 5.10 Å². The number of benzene rings is 8. The smallest absolute Gasteiger partial charge is 0.0831 e. The van der Waals surface area contributed by atoms with Gasteiger partial charge < -0.3 is 9.80 Å². The van der Waals surface area contributed by atoms with E-state index in [2.05, 4.69) is 227 Å². The number of hydrazone groups is 1. The minimum Gasteiger partial charge on any atom is -0.316 e. The predicted molar refractivity (Wildman–Crippen MR) is 224 cm³/mol. The van der Waals surface area contributed by atoms with E-state index in [1.54, 1.807) is 0 Å². The molecule has 0 spiro atoms. The first kappa shape index (κ1) is 32.0. The van der Waals surface area contributed by atoms with Crippen LogP contribution < -0.4 is 14.8 Å². The molecule has 0 saturated heterocycles. The molecule has 0 aliphatic carbocycles. The van der Waals surface area contributed by atoms with Crippen molar-refractivity contribution in [3.8, 4) is 0 Å². The maximum absolute atomic E-state index is 5.25. The number of fused-ring (bicyclic) bond motifs is 2. The van der Waals surface area contributed by atoms with Gasteiger partial charge in [-0.3, -0.25) is 5.01 Å². The van der Waals surface area contributed by atoms with Gasteiger partial charge in [-0.25, -0.2) is 0 Å². The molecule has 0 aromatic heterocycles. The van der Waals surface area contributed by atoms with Gasteiger partial charge in [0.25, 0.3) is 0 Å². The van der Waals surface area contributed by atoms with Gasteiger partial charge in [-0.15, -0.1) is 0 Å². The van der Waals surface area contributed by atoms with Crippen molar-refractivity contribution in [3.05, 3.63) is 218 Å². The quantitative estimate of drug-likeness (QED) is 0.151. The van der Waals surface area contributed by atoms with Gasteiger partial charge in [0.15, 0.2) is 0 Å². The molecule has 0 saturated carbocycles. The van der Waals surface area contributed by atoms with Crippen molar-refractivity contribution in [2.45, 2.75) is 12.5 Å². The molecule has 1 atom stereocenters. The molecule has 1 aliphatic heterocycles. The van der Waals surface area contributed by atoms with Crippen molar-refractivity contribution in [3.63, 3.8) is 0 Å². The second kappa shape index (κ2) is 14.4. The lowest BCUT2D eigenvalue weighted by Gasteiger charge is -2.28. The summed E-state index contributed by atoms with van der Waals surface area (Å²) in [6.07, 6.45) is 5.12. The molecule has 1 unspecified atom stereocenters. The third-order valence-corrected chi connectivity index (χ3v) is 9.99. The Balaban J connectivity index is 1.07. The maximum atomic E-state index is 5.25. The Morgan fingerprint density at radius 2 is 0.981 bits per heavy atom. The van der Waals surface area contributed by atoms with Crippen molar-refractivity contribution >= 4 is 61.4 Å². The largest absolute Gasteiger partial charge is 0.316 e. The molecule has 53 heavy (non-hydrogen) atoms. The van der Waals surface area contributed by atoms with Crippen molar-refractivity contribution < 1.29 is 0 Å². The second-order valence-electron chi connectivity index (χ2n) is 13.3. The summed E-state index contributed by atoms with van der Waals surface area (Å²) in [5.74, 6) is 0. The Morgan fingerprint density at radius 3 is 1.64 bits per heavy atom. The van der Waals surface area contributed by atoms with Gasteiger partial charge in [-0.1, -0.05) is 140 Å². The summed E-state index contributed by atoms with van der Waals surface area (Å²) < 4.78 is 0. The molecule has 0 N–H and O–H groups in total. The Morgan fingerprint density at radius 1 is 0.472 bits per heavy atom. The van der Waals surface area contributed by atoms with E-state index in [-0.39, 0.29) is 6.04 Å². The summed E-state index contributed by atoms with van der Waals surface area (Å²) in [6, 6.07) is 70.9. The zero-order chi connectivity index (χ0) is 35.4. The SMILES string of the molecule is C(=CN(c1ccccc1)c1cccc2ccccc12)C1=NN(c2ccccc2)C(c2ccc(N(c3ccccc3)c3cccc4ccccc34)cc2)C1. The molecular formula is C49H38N4. The van der Waals surface area contributed by atoms with E-state index in [0.717, 1.165) is 46.3 Å². The summed E-state index contributed by atoms with van der Waals surface area (Å²) in [6.45, 7) is 0. The number of hydrogen-bond acceptors (Lipinski definition) is 4. The Bertz CT molecular complexity index is 2530. The maximum Gasteiger partial charge on any atom is 0.0831 e. The van der Waals surface area contributed by atoms with E-state index in [1.165, 1.54) is 27.1 Å². The second-order valence-corrected chi connectivity index (χ2v) is 13.3. The average molecular weight is 683 g/mol. The van der Waals surface area contributed by atoms with Crippen LogP contribution >= 0.6 is 0 Å². The molecule has 0 bridgehead atoms. The van der Waals surface area contributed by atoms with Gasteiger partial charge in [0.2, 0.25) is 0 Å². The molecule has 0 radical (unpaired) electrons. The van der Waals surface area contributed by atoms with Gasteiger partial charge in [-0.2, -0.15) is 5.10 Å². The zero-order valence-corrected chi connectivity index (χ0v) is 29.3. The lowest BCUT2D eigenvalue weighted by Crippen LogP contribution is -2.18. The number of rotatable bonds is 9. The van der Waals surface area contributed by atoms with Crippen LogP contribution in [0, 0.1) is 0 Å². The highest BCUT2D eigenvalue weighted by atomic mass is 15.5. The molecule has 9 rings (SSSR count).